The van der Waals surface area contributed by atoms with Crippen molar-refractivity contribution >= 4 is 15.8 Å². The number of sulfonamides is 1. The summed E-state index contributed by atoms with van der Waals surface area (Å²) in [6.07, 6.45) is 2.82. The average molecular weight is 340 g/mol. The number of ether oxygens (including phenoxy) is 1. The molecule has 0 spiro atoms. The van der Waals surface area contributed by atoms with Crippen LogP contribution in [0, 0.1) is 6.92 Å². The topological polar surface area (TPSA) is 75.6 Å². The number of anilines is 1. The highest BCUT2D eigenvalue weighted by Crippen LogP contribution is 2.28. The van der Waals surface area contributed by atoms with Crippen molar-refractivity contribution in [1.29, 1.82) is 0 Å². The fraction of sp³-hybridized carbons (Fsp3) is 0.733. The van der Waals surface area contributed by atoms with Crippen molar-refractivity contribution in [3.63, 3.8) is 0 Å². The molecule has 0 aromatic carbocycles. The van der Waals surface area contributed by atoms with Gasteiger partial charge in [-0.1, -0.05) is 0 Å². The van der Waals surface area contributed by atoms with E-state index in [-0.39, 0.29) is 5.92 Å². The molecule has 7 nitrogen and oxygen atoms in total. The van der Waals surface area contributed by atoms with Gasteiger partial charge in [0, 0.05) is 43.9 Å². The molecule has 0 atom stereocenters. The van der Waals surface area contributed by atoms with Crippen molar-refractivity contribution in [3.05, 3.63) is 17.6 Å². The Morgan fingerprint density at radius 2 is 1.78 bits per heavy atom. The summed E-state index contributed by atoms with van der Waals surface area (Å²) in [6.45, 7) is 6.24. The van der Waals surface area contributed by atoms with Crippen molar-refractivity contribution in [3.8, 4) is 0 Å². The molecule has 0 amide bonds. The van der Waals surface area contributed by atoms with Gasteiger partial charge in [0.2, 0.25) is 10.0 Å². The van der Waals surface area contributed by atoms with Crippen LogP contribution in [0.1, 0.15) is 30.3 Å². The van der Waals surface area contributed by atoms with Gasteiger partial charge in [-0.15, -0.1) is 0 Å². The highest BCUT2D eigenvalue weighted by molar-refractivity contribution is 7.88. The molecule has 0 saturated carbocycles. The molecule has 0 bridgehead atoms. The van der Waals surface area contributed by atoms with Gasteiger partial charge in [0.25, 0.3) is 0 Å². The maximum atomic E-state index is 11.6. The summed E-state index contributed by atoms with van der Waals surface area (Å²) < 4.78 is 30.2. The Morgan fingerprint density at radius 3 is 2.39 bits per heavy atom. The van der Waals surface area contributed by atoms with Gasteiger partial charge in [0.1, 0.15) is 11.6 Å². The Bertz CT molecular complexity index is 651. The molecule has 0 N–H and O–H groups in total. The third-order valence-electron chi connectivity index (χ3n) is 4.48. The zero-order chi connectivity index (χ0) is 16.4. The Labute approximate surface area is 137 Å². The second-order valence-corrected chi connectivity index (χ2v) is 8.24. The maximum Gasteiger partial charge on any atom is 0.211 e. The molecule has 8 heteroatoms. The lowest BCUT2D eigenvalue weighted by atomic mass is 9.97. The molecule has 3 heterocycles. The average Bonchev–Trinajstić information content (AvgIpc) is 2.54. The minimum absolute atomic E-state index is 0.229. The highest BCUT2D eigenvalue weighted by Gasteiger charge is 2.28. The van der Waals surface area contributed by atoms with Crippen molar-refractivity contribution < 1.29 is 13.2 Å². The van der Waals surface area contributed by atoms with Crippen LogP contribution in [0.15, 0.2) is 6.07 Å². The fourth-order valence-corrected chi connectivity index (χ4v) is 4.03. The minimum atomic E-state index is -3.09. The van der Waals surface area contributed by atoms with Gasteiger partial charge >= 0.3 is 0 Å². The number of morpholine rings is 1. The van der Waals surface area contributed by atoms with E-state index in [1.807, 2.05) is 13.0 Å². The zero-order valence-electron chi connectivity index (χ0n) is 13.7. The summed E-state index contributed by atoms with van der Waals surface area (Å²) in [4.78, 5) is 11.6. The summed E-state index contributed by atoms with van der Waals surface area (Å²) in [7, 11) is -3.09. The van der Waals surface area contributed by atoms with E-state index in [1.165, 1.54) is 6.26 Å². The smallest absolute Gasteiger partial charge is 0.211 e. The van der Waals surface area contributed by atoms with E-state index in [2.05, 4.69) is 9.88 Å². The first-order chi connectivity index (χ1) is 10.9. The number of piperidine rings is 1. The number of rotatable bonds is 3. The first kappa shape index (κ1) is 16.6. The number of nitrogens with zero attached hydrogens (tertiary/aromatic N) is 4. The van der Waals surface area contributed by atoms with Gasteiger partial charge in [0.05, 0.1) is 19.5 Å². The van der Waals surface area contributed by atoms with Gasteiger partial charge in [0.15, 0.2) is 0 Å². The van der Waals surface area contributed by atoms with Crippen molar-refractivity contribution in [2.24, 2.45) is 0 Å². The number of aromatic nitrogens is 2. The van der Waals surface area contributed by atoms with Crippen molar-refractivity contribution in [1.82, 2.24) is 14.3 Å². The lowest BCUT2D eigenvalue weighted by Crippen LogP contribution is -2.38. The van der Waals surface area contributed by atoms with Crippen LogP contribution < -0.4 is 4.90 Å². The highest BCUT2D eigenvalue weighted by atomic mass is 32.2. The molecule has 0 unspecified atom stereocenters. The molecule has 3 rings (SSSR count). The molecule has 0 radical (unpaired) electrons. The van der Waals surface area contributed by atoms with E-state index in [1.54, 1.807) is 4.31 Å². The summed E-state index contributed by atoms with van der Waals surface area (Å²) in [5, 5.41) is 0. The van der Waals surface area contributed by atoms with E-state index in [4.69, 9.17) is 9.72 Å². The normalized spacial score (nSPS) is 21.6. The maximum absolute atomic E-state index is 11.6. The summed E-state index contributed by atoms with van der Waals surface area (Å²) in [6, 6.07) is 2.01. The fourth-order valence-electron chi connectivity index (χ4n) is 3.16. The number of hydrogen-bond donors (Lipinski definition) is 0. The lowest BCUT2D eigenvalue weighted by Gasteiger charge is -2.31. The standard InChI is InChI=1S/C15H24N4O3S/c1-12-11-14(18-7-9-22-10-8-18)17-15(16-12)13-3-5-19(6-4-13)23(2,20)21/h11,13H,3-10H2,1-2H3. The van der Waals surface area contributed by atoms with Crippen LogP contribution >= 0.6 is 0 Å². The van der Waals surface area contributed by atoms with E-state index in [9.17, 15) is 8.42 Å². The SMILES string of the molecule is Cc1cc(N2CCOCC2)nc(C2CCN(S(C)(=O)=O)CC2)n1. The van der Waals surface area contributed by atoms with E-state index in [0.717, 1.165) is 56.5 Å². The van der Waals surface area contributed by atoms with Crippen LogP contribution in [0.2, 0.25) is 0 Å². The van der Waals surface area contributed by atoms with E-state index in [0.29, 0.717) is 13.1 Å². The largest absolute Gasteiger partial charge is 0.378 e. The summed E-state index contributed by atoms with van der Waals surface area (Å²) >= 11 is 0. The number of aryl methyl sites for hydroxylation is 1. The third kappa shape index (κ3) is 3.99. The Balaban J connectivity index is 1.74. The predicted octanol–water partition coefficient (Wildman–Crippen LogP) is 0.761. The lowest BCUT2D eigenvalue weighted by molar-refractivity contribution is 0.122. The molecule has 1 aromatic heterocycles. The minimum Gasteiger partial charge on any atom is -0.378 e. The molecular formula is C15H24N4O3S. The van der Waals surface area contributed by atoms with Crippen LogP contribution in [-0.2, 0) is 14.8 Å². The predicted molar refractivity (Wildman–Crippen MR) is 88.2 cm³/mol. The molecule has 1 aromatic rings. The van der Waals surface area contributed by atoms with E-state index < -0.39 is 10.0 Å². The third-order valence-corrected chi connectivity index (χ3v) is 5.78. The van der Waals surface area contributed by atoms with Gasteiger partial charge < -0.3 is 9.64 Å². The molecule has 2 aliphatic rings. The van der Waals surface area contributed by atoms with Gasteiger partial charge in [-0.25, -0.2) is 22.7 Å². The van der Waals surface area contributed by atoms with Gasteiger partial charge in [-0.05, 0) is 19.8 Å². The van der Waals surface area contributed by atoms with E-state index >= 15 is 0 Å². The first-order valence-corrected chi connectivity index (χ1v) is 9.92. The van der Waals surface area contributed by atoms with Crippen LogP contribution in [-0.4, -0.2) is 68.3 Å². The summed E-state index contributed by atoms with van der Waals surface area (Å²) in [5.74, 6) is 2.04. The molecule has 128 valence electrons. The number of hydrogen-bond acceptors (Lipinski definition) is 6. The van der Waals surface area contributed by atoms with Crippen LogP contribution in [0.3, 0.4) is 0 Å². The molecule has 2 saturated heterocycles. The molecule has 0 aliphatic carbocycles. The second kappa shape index (κ2) is 6.70. The van der Waals surface area contributed by atoms with Crippen LogP contribution in [0.5, 0.6) is 0 Å². The Hall–Kier alpha value is -1.25. The molecular weight excluding hydrogens is 316 g/mol. The Morgan fingerprint density at radius 1 is 1.13 bits per heavy atom. The van der Waals surface area contributed by atoms with Crippen LogP contribution in [0.25, 0.3) is 0 Å². The molecule has 2 aliphatic heterocycles. The quantitative estimate of drug-likeness (QED) is 0.809. The van der Waals surface area contributed by atoms with Gasteiger partial charge in [-0.3, -0.25) is 0 Å². The zero-order valence-corrected chi connectivity index (χ0v) is 14.5. The molecule has 2 fully saturated rings. The van der Waals surface area contributed by atoms with Crippen molar-refractivity contribution in [2.45, 2.75) is 25.7 Å². The summed E-state index contributed by atoms with van der Waals surface area (Å²) in [5.41, 5.74) is 0.960. The van der Waals surface area contributed by atoms with Crippen LogP contribution in [0.4, 0.5) is 5.82 Å². The Kier molecular flexibility index (Phi) is 4.84. The van der Waals surface area contributed by atoms with Crippen molar-refractivity contribution in [2.75, 3.05) is 50.5 Å². The van der Waals surface area contributed by atoms with Gasteiger partial charge in [-0.2, -0.15) is 0 Å². The first-order valence-electron chi connectivity index (χ1n) is 8.07. The monoisotopic (exact) mass is 340 g/mol. The second-order valence-electron chi connectivity index (χ2n) is 6.26. The molecule has 23 heavy (non-hydrogen) atoms.